The number of anilines is 2. The lowest BCUT2D eigenvalue weighted by Gasteiger charge is -2.08. The minimum absolute atomic E-state index is 0.450. The number of fused-ring (bicyclic) bond motifs is 1. The van der Waals surface area contributed by atoms with Gasteiger partial charge in [0.15, 0.2) is 5.65 Å². The molecule has 4 aromatic rings. The SMILES string of the molecule is NCCc1ccc(Nc2ncc3nc(-c4ccncc4)n(C4CC4)c3n2)cc1. The molecule has 0 spiro atoms. The Morgan fingerprint density at radius 1 is 1.04 bits per heavy atom. The molecule has 0 unspecified atom stereocenters. The number of rotatable bonds is 6. The van der Waals surface area contributed by atoms with E-state index in [4.69, 9.17) is 15.7 Å². The third kappa shape index (κ3) is 3.20. The zero-order chi connectivity index (χ0) is 18.9. The number of hydrogen-bond acceptors (Lipinski definition) is 6. The molecular formula is C21H21N7. The first-order valence-electron chi connectivity index (χ1n) is 9.53. The summed E-state index contributed by atoms with van der Waals surface area (Å²) in [6, 6.07) is 12.6. The van der Waals surface area contributed by atoms with Crippen molar-refractivity contribution < 1.29 is 0 Å². The molecule has 0 atom stereocenters. The van der Waals surface area contributed by atoms with E-state index in [1.807, 2.05) is 24.3 Å². The number of hydrogen-bond donors (Lipinski definition) is 2. The third-order valence-electron chi connectivity index (χ3n) is 4.93. The minimum atomic E-state index is 0.450. The highest BCUT2D eigenvalue weighted by Gasteiger charge is 2.29. The van der Waals surface area contributed by atoms with Gasteiger partial charge in [0, 0.05) is 29.7 Å². The highest BCUT2D eigenvalue weighted by Crippen LogP contribution is 2.40. The summed E-state index contributed by atoms with van der Waals surface area (Å²) in [7, 11) is 0. The van der Waals surface area contributed by atoms with Gasteiger partial charge >= 0.3 is 0 Å². The van der Waals surface area contributed by atoms with Crippen LogP contribution in [0.2, 0.25) is 0 Å². The number of nitrogens with one attached hydrogen (secondary N) is 1. The quantitative estimate of drug-likeness (QED) is 0.539. The van der Waals surface area contributed by atoms with Crippen LogP contribution < -0.4 is 11.1 Å². The molecule has 0 radical (unpaired) electrons. The summed E-state index contributed by atoms with van der Waals surface area (Å²) < 4.78 is 2.24. The van der Waals surface area contributed by atoms with Crippen LogP contribution in [0.15, 0.2) is 55.0 Å². The summed E-state index contributed by atoms with van der Waals surface area (Å²) in [5, 5.41) is 3.30. The van der Waals surface area contributed by atoms with Crippen molar-refractivity contribution >= 4 is 22.8 Å². The van der Waals surface area contributed by atoms with Crippen molar-refractivity contribution in [1.82, 2.24) is 24.5 Å². The van der Waals surface area contributed by atoms with E-state index in [1.165, 1.54) is 5.56 Å². The van der Waals surface area contributed by atoms with Crippen molar-refractivity contribution in [3.05, 3.63) is 60.6 Å². The summed E-state index contributed by atoms with van der Waals surface area (Å²) in [5.41, 5.74) is 10.5. The molecule has 1 aliphatic rings. The molecule has 1 fully saturated rings. The van der Waals surface area contributed by atoms with Crippen LogP contribution in [-0.2, 0) is 6.42 Å². The molecule has 1 saturated carbocycles. The molecule has 7 nitrogen and oxygen atoms in total. The molecule has 0 aliphatic heterocycles. The van der Waals surface area contributed by atoms with Crippen LogP contribution in [0.1, 0.15) is 24.4 Å². The highest BCUT2D eigenvalue weighted by atomic mass is 15.2. The van der Waals surface area contributed by atoms with E-state index in [2.05, 4.69) is 32.0 Å². The van der Waals surface area contributed by atoms with Gasteiger partial charge in [-0.25, -0.2) is 9.97 Å². The van der Waals surface area contributed by atoms with Crippen LogP contribution in [0.25, 0.3) is 22.6 Å². The van der Waals surface area contributed by atoms with E-state index in [0.29, 0.717) is 18.5 Å². The summed E-state index contributed by atoms with van der Waals surface area (Å²) in [6.07, 6.45) is 8.55. The normalized spacial score (nSPS) is 13.8. The number of pyridine rings is 1. The zero-order valence-electron chi connectivity index (χ0n) is 15.4. The Bertz CT molecular complexity index is 1100. The maximum absolute atomic E-state index is 5.62. The average Bonchev–Trinajstić information content (AvgIpc) is 3.50. The van der Waals surface area contributed by atoms with E-state index < -0.39 is 0 Å². The second kappa shape index (κ2) is 7.01. The highest BCUT2D eigenvalue weighted by molar-refractivity contribution is 5.78. The Labute approximate surface area is 162 Å². The number of aromatic nitrogens is 5. The topological polar surface area (TPSA) is 94.5 Å². The molecule has 3 heterocycles. The van der Waals surface area contributed by atoms with Crippen LogP contribution in [-0.4, -0.2) is 31.0 Å². The first-order valence-corrected chi connectivity index (χ1v) is 9.53. The van der Waals surface area contributed by atoms with Crippen LogP contribution in [0.5, 0.6) is 0 Å². The molecule has 0 amide bonds. The molecule has 1 aliphatic carbocycles. The number of imidazole rings is 1. The molecule has 0 bridgehead atoms. The standard InChI is InChI=1S/C21H21N7/c22-10-7-14-1-3-16(4-2-14)25-21-24-13-18-20(27-21)28(17-5-6-17)19(26-18)15-8-11-23-12-9-15/h1-4,8-9,11-13,17H,5-7,10,22H2,(H,24,25,27). The number of nitrogens with two attached hydrogens (primary N) is 1. The maximum atomic E-state index is 5.62. The van der Waals surface area contributed by atoms with Gasteiger partial charge < -0.3 is 15.6 Å². The molecule has 3 N–H and O–H groups in total. The predicted molar refractivity (Wildman–Crippen MR) is 109 cm³/mol. The smallest absolute Gasteiger partial charge is 0.229 e. The van der Waals surface area contributed by atoms with Crippen molar-refractivity contribution in [3.63, 3.8) is 0 Å². The lowest BCUT2D eigenvalue weighted by atomic mass is 10.1. The fourth-order valence-corrected chi connectivity index (χ4v) is 3.38. The predicted octanol–water partition coefficient (Wildman–Crippen LogP) is 3.47. The fraction of sp³-hybridized carbons (Fsp3) is 0.238. The van der Waals surface area contributed by atoms with Gasteiger partial charge in [-0.05, 0) is 55.6 Å². The van der Waals surface area contributed by atoms with Crippen molar-refractivity contribution in [3.8, 4) is 11.4 Å². The van der Waals surface area contributed by atoms with Gasteiger partial charge in [-0.3, -0.25) is 4.98 Å². The van der Waals surface area contributed by atoms with Gasteiger partial charge in [-0.15, -0.1) is 0 Å². The first-order chi connectivity index (χ1) is 13.8. The molecule has 28 heavy (non-hydrogen) atoms. The minimum Gasteiger partial charge on any atom is -0.330 e. The van der Waals surface area contributed by atoms with Gasteiger partial charge in [-0.2, -0.15) is 4.98 Å². The van der Waals surface area contributed by atoms with Crippen LogP contribution >= 0.6 is 0 Å². The van der Waals surface area contributed by atoms with E-state index in [9.17, 15) is 0 Å². The third-order valence-corrected chi connectivity index (χ3v) is 4.93. The molecule has 140 valence electrons. The second-order valence-electron chi connectivity index (χ2n) is 7.04. The van der Waals surface area contributed by atoms with Crippen molar-refractivity contribution in [2.45, 2.75) is 25.3 Å². The van der Waals surface area contributed by atoms with Crippen LogP contribution in [0, 0.1) is 0 Å². The summed E-state index contributed by atoms with van der Waals surface area (Å²) in [4.78, 5) is 18.1. The van der Waals surface area contributed by atoms with Crippen molar-refractivity contribution in [2.24, 2.45) is 5.73 Å². The largest absolute Gasteiger partial charge is 0.330 e. The number of benzene rings is 1. The monoisotopic (exact) mass is 371 g/mol. The van der Waals surface area contributed by atoms with Crippen molar-refractivity contribution in [2.75, 3.05) is 11.9 Å². The molecular weight excluding hydrogens is 350 g/mol. The lowest BCUT2D eigenvalue weighted by Crippen LogP contribution is -2.03. The van der Waals surface area contributed by atoms with Gasteiger partial charge in [0.25, 0.3) is 0 Å². The first kappa shape index (κ1) is 16.8. The summed E-state index contributed by atoms with van der Waals surface area (Å²) >= 11 is 0. The molecule has 3 aromatic heterocycles. The Kier molecular flexibility index (Phi) is 4.21. The lowest BCUT2D eigenvalue weighted by molar-refractivity contribution is 0.766. The van der Waals surface area contributed by atoms with Crippen LogP contribution in [0.4, 0.5) is 11.6 Å². The van der Waals surface area contributed by atoms with E-state index in [1.54, 1.807) is 18.6 Å². The van der Waals surface area contributed by atoms with Gasteiger partial charge in [0.2, 0.25) is 5.95 Å². The average molecular weight is 371 g/mol. The Balaban J connectivity index is 1.51. The summed E-state index contributed by atoms with van der Waals surface area (Å²) in [5.74, 6) is 1.50. The van der Waals surface area contributed by atoms with E-state index >= 15 is 0 Å². The molecule has 5 rings (SSSR count). The Hall–Kier alpha value is -3.32. The van der Waals surface area contributed by atoms with Gasteiger partial charge in [0.1, 0.15) is 11.3 Å². The van der Waals surface area contributed by atoms with Crippen LogP contribution in [0.3, 0.4) is 0 Å². The molecule has 7 heteroatoms. The maximum Gasteiger partial charge on any atom is 0.229 e. The van der Waals surface area contributed by atoms with E-state index in [0.717, 1.165) is 47.5 Å². The molecule has 0 saturated heterocycles. The van der Waals surface area contributed by atoms with Crippen molar-refractivity contribution in [1.29, 1.82) is 0 Å². The Morgan fingerprint density at radius 2 is 1.82 bits per heavy atom. The zero-order valence-corrected chi connectivity index (χ0v) is 15.4. The molecule has 1 aromatic carbocycles. The Morgan fingerprint density at radius 3 is 2.54 bits per heavy atom. The van der Waals surface area contributed by atoms with E-state index in [-0.39, 0.29) is 0 Å². The second-order valence-corrected chi connectivity index (χ2v) is 7.04. The van der Waals surface area contributed by atoms with Gasteiger partial charge in [0.05, 0.1) is 6.20 Å². The number of nitrogens with zero attached hydrogens (tertiary/aromatic N) is 5. The van der Waals surface area contributed by atoms with Gasteiger partial charge in [-0.1, -0.05) is 12.1 Å². The fourth-order valence-electron chi connectivity index (χ4n) is 3.38. The summed E-state index contributed by atoms with van der Waals surface area (Å²) in [6.45, 7) is 0.650.